The monoisotopic (exact) mass is 150 g/mol. The summed E-state index contributed by atoms with van der Waals surface area (Å²) in [4.78, 5) is 15.6. The minimum atomic E-state index is 0.740. The Kier molecular flexibility index (Phi) is 1.32. The molecule has 0 radical (unpaired) electrons. The van der Waals surface area contributed by atoms with E-state index in [4.69, 9.17) is 0 Å². The fourth-order valence-electron chi connectivity index (χ4n) is 1.56. The van der Waals surface area contributed by atoms with E-state index in [1.807, 2.05) is 6.20 Å². The van der Waals surface area contributed by atoms with Gasteiger partial charge in [0.25, 0.3) is 0 Å². The molecule has 0 bridgehead atoms. The number of carbonyl (C=O) groups excluding carboxylic acids is 1. The van der Waals surface area contributed by atoms with Gasteiger partial charge in [-0.15, -0.1) is 0 Å². The molecule has 2 rings (SSSR count). The molecule has 1 aromatic heterocycles. The molecule has 0 amide bonds. The lowest BCUT2D eigenvalue weighted by Crippen LogP contribution is -2.08. The van der Waals surface area contributed by atoms with E-state index in [-0.39, 0.29) is 0 Å². The molecule has 0 aromatic carbocycles. The molecule has 0 unspecified atom stereocenters. The summed E-state index contributed by atoms with van der Waals surface area (Å²) in [5.41, 5.74) is 3.17. The van der Waals surface area contributed by atoms with Crippen molar-refractivity contribution in [1.29, 1.82) is 0 Å². The smallest absolute Gasteiger partial charge is 0.166 e. The van der Waals surface area contributed by atoms with Gasteiger partial charge in [0.2, 0.25) is 0 Å². The Morgan fingerprint density at radius 1 is 1.64 bits per heavy atom. The summed E-state index contributed by atoms with van der Waals surface area (Å²) >= 11 is 0. The number of H-pyrrole nitrogens is 1. The Morgan fingerprint density at radius 2 is 2.45 bits per heavy atom. The lowest BCUT2D eigenvalue weighted by atomic mass is 10.2. The second-order valence-electron chi connectivity index (χ2n) is 3.00. The largest absolute Gasteiger partial charge is 0.358 e. The van der Waals surface area contributed by atoms with E-state index < -0.39 is 0 Å². The zero-order valence-corrected chi connectivity index (χ0v) is 6.42. The highest BCUT2D eigenvalue weighted by Gasteiger charge is 2.19. The average molecular weight is 150 g/mol. The van der Waals surface area contributed by atoms with Gasteiger partial charge in [-0.05, 0) is 18.2 Å². The molecule has 3 nitrogen and oxygen atoms in total. The summed E-state index contributed by atoms with van der Waals surface area (Å²) < 4.78 is 0. The molecule has 1 aliphatic rings. The van der Waals surface area contributed by atoms with Crippen molar-refractivity contribution in [2.75, 3.05) is 7.05 Å². The van der Waals surface area contributed by atoms with Gasteiger partial charge in [-0.2, -0.15) is 0 Å². The lowest BCUT2D eigenvalue weighted by Gasteiger charge is -2.04. The van der Waals surface area contributed by atoms with Gasteiger partial charge in [0.1, 0.15) is 0 Å². The Hall–Kier alpha value is -1.09. The van der Waals surface area contributed by atoms with Gasteiger partial charge in [-0.25, -0.2) is 0 Å². The van der Waals surface area contributed by atoms with Crippen molar-refractivity contribution in [3.8, 4) is 0 Å². The first-order valence-electron chi connectivity index (χ1n) is 3.64. The third-order valence-electron chi connectivity index (χ3n) is 2.10. The molecule has 1 N–H and O–H groups in total. The van der Waals surface area contributed by atoms with Gasteiger partial charge in [0.05, 0.1) is 5.69 Å². The van der Waals surface area contributed by atoms with Crippen LogP contribution in [0.25, 0.3) is 0 Å². The highest BCUT2D eigenvalue weighted by molar-refractivity contribution is 5.75. The van der Waals surface area contributed by atoms with Crippen LogP contribution >= 0.6 is 0 Å². The van der Waals surface area contributed by atoms with Crippen LogP contribution in [0.1, 0.15) is 21.6 Å². The third kappa shape index (κ3) is 0.886. The number of fused-ring (bicyclic) bond motifs is 1. The summed E-state index contributed by atoms with van der Waals surface area (Å²) in [6.45, 7) is 1.85. The number of nitrogens with one attached hydrogen (secondary N) is 1. The Labute approximate surface area is 65.0 Å². The minimum Gasteiger partial charge on any atom is -0.358 e. The first kappa shape index (κ1) is 6.61. The molecule has 0 fully saturated rings. The molecule has 58 valence electrons. The molecule has 0 atom stereocenters. The SMILES string of the molecule is CN1Cc2c[nH]c(C=O)c2C1. The molecule has 0 saturated carbocycles. The zero-order valence-electron chi connectivity index (χ0n) is 6.42. The average Bonchev–Trinajstić information content (AvgIpc) is 2.45. The van der Waals surface area contributed by atoms with E-state index >= 15 is 0 Å². The van der Waals surface area contributed by atoms with Crippen LogP contribution in [0.15, 0.2) is 6.20 Å². The maximum Gasteiger partial charge on any atom is 0.166 e. The van der Waals surface area contributed by atoms with Crippen molar-refractivity contribution >= 4 is 6.29 Å². The van der Waals surface area contributed by atoms with Gasteiger partial charge >= 0.3 is 0 Å². The van der Waals surface area contributed by atoms with Crippen LogP contribution < -0.4 is 0 Å². The van der Waals surface area contributed by atoms with Crippen LogP contribution in [-0.2, 0) is 13.1 Å². The summed E-state index contributed by atoms with van der Waals surface area (Å²) in [5.74, 6) is 0. The van der Waals surface area contributed by atoms with Crippen molar-refractivity contribution in [1.82, 2.24) is 9.88 Å². The van der Waals surface area contributed by atoms with Crippen LogP contribution in [0.4, 0.5) is 0 Å². The molecular weight excluding hydrogens is 140 g/mol. The van der Waals surface area contributed by atoms with Crippen LogP contribution in [0, 0.1) is 0 Å². The topological polar surface area (TPSA) is 36.1 Å². The standard InChI is InChI=1S/C8H10N2O/c1-10-3-6-2-9-8(5-11)7(6)4-10/h2,5,9H,3-4H2,1H3. The highest BCUT2D eigenvalue weighted by atomic mass is 16.1. The third-order valence-corrected chi connectivity index (χ3v) is 2.10. The van der Waals surface area contributed by atoms with Crippen molar-refractivity contribution < 1.29 is 4.79 Å². The van der Waals surface area contributed by atoms with Crippen molar-refractivity contribution in [3.05, 3.63) is 23.0 Å². The fraction of sp³-hybridized carbons (Fsp3) is 0.375. The number of rotatable bonds is 1. The van der Waals surface area contributed by atoms with Gasteiger partial charge in [0.15, 0.2) is 6.29 Å². The fourth-order valence-corrected chi connectivity index (χ4v) is 1.56. The van der Waals surface area contributed by atoms with E-state index in [0.717, 1.165) is 25.1 Å². The summed E-state index contributed by atoms with van der Waals surface area (Å²) in [6.07, 6.45) is 2.81. The molecule has 11 heavy (non-hydrogen) atoms. The second-order valence-corrected chi connectivity index (χ2v) is 3.00. The van der Waals surface area contributed by atoms with E-state index in [9.17, 15) is 4.79 Å². The van der Waals surface area contributed by atoms with Crippen molar-refractivity contribution in [2.24, 2.45) is 0 Å². The molecule has 2 heterocycles. The van der Waals surface area contributed by atoms with Crippen molar-refractivity contribution in [3.63, 3.8) is 0 Å². The number of aromatic nitrogens is 1. The first-order chi connectivity index (χ1) is 5.31. The first-order valence-corrected chi connectivity index (χ1v) is 3.64. The molecule has 1 aliphatic heterocycles. The maximum atomic E-state index is 10.5. The quantitative estimate of drug-likeness (QED) is 0.600. The minimum absolute atomic E-state index is 0.740. The molecule has 0 spiro atoms. The van der Waals surface area contributed by atoms with E-state index in [0.29, 0.717) is 0 Å². The Bertz CT molecular complexity index is 290. The highest BCUT2D eigenvalue weighted by Crippen LogP contribution is 2.22. The number of hydrogen-bond donors (Lipinski definition) is 1. The molecular formula is C8H10N2O. The number of nitrogens with zero attached hydrogens (tertiary/aromatic N) is 1. The second kappa shape index (κ2) is 2.20. The molecule has 3 heteroatoms. The molecule has 1 aromatic rings. The summed E-state index contributed by atoms with van der Waals surface area (Å²) in [6, 6.07) is 0. The van der Waals surface area contributed by atoms with Gasteiger partial charge in [-0.3, -0.25) is 9.69 Å². The number of carbonyl (C=O) groups is 1. The van der Waals surface area contributed by atoms with Crippen LogP contribution in [0.2, 0.25) is 0 Å². The van der Waals surface area contributed by atoms with Gasteiger partial charge in [0, 0.05) is 19.3 Å². The van der Waals surface area contributed by atoms with Crippen LogP contribution in [0.5, 0.6) is 0 Å². The maximum absolute atomic E-state index is 10.5. The normalized spacial score (nSPS) is 16.8. The summed E-state index contributed by atoms with van der Waals surface area (Å²) in [7, 11) is 2.05. The zero-order chi connectivity index (χ0) is 7.84. The van der Waals surface area contributed by atoms with Crippen LogP contribution in [0.3, 0.4) is 0 Å². The molecule has 0 saturated heterocycles. The van der Waals surface area contributed by atoms with E-state index in [1.54, 1.807) is 0 Å². The van der Waals surface area contributed by atoms with Crippen molar-refractivity contribution in [2.45, 2.75) is 13.1 Å². The van der Waals surface area contributed by atoms with E-state index in [1.165, 1.54) is 11.1 Å². The van der Waals surface area contributed by atoms with Gasteiger partial charge < -0.3 is 4.98 Å². The predicted molar refractivity (Wildman–Crippen MR) is 41.4 cm³/mol. The molecule has 0 aliphatic carbocycles. The number of hydrogen-bond acceptors (Lipinski definition) is 2. The Balaban J connectivity index is 2.44. The Morgan fingerprint density at radius 3 is 3.18 bits per heavy atom. The number of aldehydes is 1. The van der Waals surface area contributed by atoms with Crippen LogP contribution in [-0.4, -0.2) is 23.2 Å². The van der Waals surface area contributed by atoms with E-state index in [2.05, 4.69) is 16.9 Å². The summed E-state index contributed by atoms with van der Waals surface area (Å²) in [5, 5.41) is 0. The predicted octanol–water partition coefficient (Wildman–Crippen LogP) is 0.773. The van der Waals surface area contributed by atoms with Gasteiger partial charge in [-0.1, -0.05) is 0 Å². The number of aromatic amines is 1. The lowest BCUT2D eigenvalue weighted by molar-refractivity contribution is 0.111.